The predicted octanol–water partition coefficient (Wildman–Crippen LogP) is 5.54. The van der Waals surface area contributed by atoms with Crippen LogP contribution in [0.15, 0.2) is 48.5 Å². The highest BCUT2D eigenvalue weighted by atomic mass is 16.6. The molecule has 0 radical (unpaired) electrons. The fraction of sp³-hybridized carbons (Fsp3) is 0.393. The molecule has 0 saturated carbocycles. The summed E-state index contributed by atoms with van der Waals surface area (Å²) in [4.78, 5) is 30.4. The van der Waals surface area contributed by atoms with E-state index in [1.807, 2.05) is 50.9 Å². The van der Waals surface area contributed by atoms with Gasteiger partial charge in [0.15, 0.2) is 0 Å². The summed E-state index contributed by atoms with van der Waals surface area (Å²) in [5.74, 6) is 0.926. The van der Waals surface area contributed by atoms with Gasteiger partial charge in [0.1, 0.15) is 11.4 Å². The molecule has 0 atom stereocenters. The average molecular weight is 476 g/mol. The number of carbonyl (C=O) groups is 2. The van der Waals surface area contributed by atoms with Gasteiger partial charge in [-0.15, -0.1) is 0 Å². The molecular weight excluding hydrogens is 442 g/mol. The van der Waals surface area contributed by atoms with Crippen LogP contribution in [0.4, 0.5) is 4.79 Å². The van der Waals surface area contributed by atoms with Gasteiger partial charge in [-0.05, 0) is 68.9 Å². The van der Waals surface area contributed by atoms with Crippen LogP contribution in [0.2, 0.25) is 0 Å². The van der Waals surface area contributed by atoms with E-state index in [0.717, 1.165) is 40.8 Å². The van der Waals surface area contributed by atoms with Crippen molar-refractivity contribution < 1.29 is 19.1 Å². The van der Waals surface area contributed by atoms with Crippen LogP contribution in [0.1, 0.15) is 50.7 Å². The van der Waals surface area contributed by atoms with Crippen molar-refractivity contribution in [3.05, 3.63) is 59.7 Å². The van der Waals surface area contributed by atoms with Crippen molar-refractivity contribution in [2.75, 3.05) is 20.2 Å². The summed E-state index contributed by atoms with van der Waals surface area (Å²) in [6.45, 7) is 7.10. The van der Waals surface area contributed by atoms with Crippen LogP contribution < -0.4 is 0 Å². The number of imidazole rings is 1. The Balaban J connectivity index is 1.45. The first-order valence-electron chi connectivity index (χ1n) is 12.0. The molecule has 1 fully saturated rings. The number of nitrogens with zero attached hydrogens (tertiary/aromatic N) is 3. The number of amides is 1. The molecule has 0 N–H and O–H groups in total. The van der Waals surface area contributed by atoms with Crippen LogP contribution in [0.3, 0.4) is 0 Å². The first-order valence-corrected chi connectivity index (χ1v) is 12.0. The normalized spacial score (nSPS) is 15.1. The molecule has 184 valence electrons. The maximum absolute atomic E-state index is 12.3. The molecule has 0 spiro atoms. The highest BCUT2D eigenvalue weighted by Crippen LogP contribution is 2.31. The summed E-state index contributed by atoms with van der Waals surface area (Å²) < 4.78 is 12.2. The largest absolute Gasteiger partial charge is 0.466 e. The number of benzene rings is 2. The molecule has 4 rings (SSSR count). The highest BCUT2D eigenvalue weighted by molar-refractivity contribution is 5.89. The summed E-state index contributed by atoms with van der Waals surface area (Å²) in [5, 5.41) is 0. The SMILES string of the molecule is COC(=O)C=Cc1ccc2c(c1)nc(-c1ccc(C3CCN(C(=O)OC(C)(C)C)CC3)cc1)n2C. The topological polar surface area (TPSA) is 73.7 Å². The standard InChI is InChI=1S/C28H33N3O4/c1-28(2,3)35-27(33)31-16-14-21(15-17-31)20-8-10-22(11-9-20)26-29-23-18-19(7-13-25(32)34-5)6-12-24(23)30(26)4/h6-13,18,21H,14-17H2,1-5H3. The van der Waals surface area contributed by atoms with Crippen molar-refractivity contribution in [1.29, 1.82) is 0 Å². The fourth-order valence-corrected chi connectivity index (χ4v) is 4.44. The van der Waals surface area contributed by atoms with Gasteiger partial charge < -0.3 is 18.9 Å². The quantitative estimate of drug-likeness (QED) is 0.366. The Morgan fingerprint density at radius 1 is 1.06 bits per heavy atom. The zero-order valence-electron chi connectivity index (χ0n) is 21.1. The van der Waals surface area contributed by atoms with Crippen LogP contribution in [-0.4, -0.2) is 52.3 Å². The second-order valence-corrected chi connectivity index (χ2v) is 9.96. The van der Waals surface area contributed by atoms with Crippen molar-refractivity contribution in [2.24, 2.45) is 7.05 Å². The molecule has 1 amide bonds. The lowest BCUT2D eigenvalue weighted by Gasteiger charge is -2.33. The van der Waals surface area contributed by atoms with E-state index in [4.69, 9.17) is 9.72 Å². The molecule has 2 heterocycles. The van der Waals surface area contributed by atoms with Gasteiger partial charge in [-0.3, -0.25) is 0 Å². The molecule has 1 aliphatic heterocycles. The number of methoxy groups -OCH3 is 1. The lowest BCUT2D eigenvalue weighted by atomic mass is 9.89. The Kier molecular flexibility index (Phi) is 6.96. The van der Waals surface area contributed by atoms with Crippen molar-refractivity contribution >= 4 is 29.2 Å². The number of rotatable bonds is 4. The number of ether oxygens (including phenoxy) is 2. The molecule has 7 heteroatoms. The maximum atomic E-state index is 12.3. The molecule has 0 unspecified atom stereocenters. The van der Waals surface area contributed by atoms with E-state index in [1.165, 1.54) is 18.7 Å². The number of likely N-dealkylation sites (tertiary alicyclic amines) is 1. The summed E-state index contributed by atoms with van der Waals surface area (Å²) in [7, 11) is 3.37. The first-order chi connectivity index (χ1) is 16.6. The molecule has 0 bridgehead atoms. The van der Waals surface area contributed by atoms with E-state index < -0.39 is 5.60 Å². The van der Waals surface area contributed by atoms with Gasteiger partial charge in [-0.25, -0.2) is 14.6 Å². The number of carbonyl (C=O) groups excluding carboxylic acids is 2. The Hall–Kier alpha value is -3.61. The van der Waals surface area contributed by atoms with E-state index in [-0.39, 0.29) is 12.1 Å². The molecule has 2 aromatic carbocycles. The van der Waals surface area contributed by atoms with Crippen molar-refractivity contribution in [1.82, 2.24) is 14.5 Å². The van der Waals surface area contributed by atoms with Gasteiger partial charge in [0, 0.05) is 31.8 Å². The van der Waals surface area contributed by atoms with E-state index in [2.05, 4.69) is 33.6 Å². The van der Waals surface area contributed by atoms with Gasteiger partial charge in [0.25, 0.3) is 0 Å². The monoisotopic (exact) mass is 475 g/mol. The summed E-state index contributed by atoms with van der Waals surface area (Å²) in [6, 6.07) is 14.5. The van der Waals surface area contributed by atoms with Gasteiger partial charge in [0.05, 0.1) is 18.1 Å². The lowest BCUT2D eigenvalue weighted by Crippen LogP contribution is -2.41. The first kappa shape index (κ1) is 24.5. The van der Waals surface area contributed by atoms with E-state index in [9.17, 15) is 9.59 Å². The smallest absolute Gasteiger partial charge is 0.410 e. The van der Waals surface area contributed by atoms with Crippen molar-refractivity contribution in [3.8, 4) is 11.4 Å². The molecule has 0 aliphatic carbocycles. The Morgan fingerprint density at radius 3 is 2.37 bits per heavy atom. The van der Waals surface area contributed by atoms with Gasteiger partial charge in [0.2, 0.25) is 0 Å². The molecular formula is C28H33N3O4. The minimum absolute atomic E-state index is 0.225. The van der Waals surface area contributed by atoms with Crippen LogP contribution >= 0.6 is 0 Å². The predicted molar refractivity (Wildman–Crippen MR) is 137 cm³/mol. The van der Waals surface area contributed by atoms with Crippen LogP contribution in [-0.2, 0) is 21.3 Å². The number of hydrogen-bond donors (Lipinski definition) is 0. The van der Waals surface area contributed by atoms with Crippen LogP contribution in [0.5, 0.6) is 0 Å². The Bertz CT molecular complexity index is 1240. The van der Waals surface area contributed by atoms with E-state index >= 15 is 0 Å². The van der Waals surface area contributed by atoms with E-state index in [0.29, 0.717) is 19.0 Å². The molecule has 1 saturated heterocycles. The van der Waals surface area contributed by atoms with E-state index in [1.54, 1.807) is 6.08 Å². The summed E-state index contributed by atoms with van der Waals surface area (Å²) in [5.41, 5.74) is 4.64. The zero-order chi connectivity index (χ0) is 25.2. The number of aryl methyl sites for hydroxylation is 1. The minimum Gasteiger partial charge on any atom is -0.466 e. The zero-order valence-corrected chi connectivity index (χ0v) is 21.1. The lowest BCUT2D eigenvalue weighted by molar-refractivity contribution is -0.134. The second kappa shape index (κ2) is 9.94. The number of fused-ring (bicyclic) bond motifs is 1. The second-order valence-electron chi connectivity index (χ2n) is 9.96. The third-order valence-electron chi connectivity index (χ3n) is 6.30. The molecule has 7 nitrogen and oxygen atoms in total. The molecule has 3 aromatic rings. The average Bonchev–Trinajstić information content (AvgIpc) is 3.17. The van der Waals surface area contributed by atoms with Gasteiger partial charge >= 0.3 is 12.1 Å². The van der Waals surface area contributed by atoms with Crippen molar-refractivity contribution in [3.63, 3.8) is 0 Å². The third kappa shape index (κ3) is 5.73. The van der Waals surface area contributed by atoms with Gasteiger partial charge in [-0.2, -0.15) is 0 Å². The number of esters is 1. The maximum Gasteiger partial charge on any atom is 0.410 e. The Morgan fingerprint density at radius 2 is 1.74 bits per heavy atom. The van der Waals surface area contributed by atoms with Crippen LogP contribution in [0, 0.1) is 0 Å². The van der Waals surface area contributed by atoms with Gasteiger partial charge in [-0.1, -0.05) is 30.3 Å². The molecule has 1 aromatic heterocycles. The fourth-order valence-electron chi connectivity index (χ4n) is 4.44. The Labute approximate surface area is 206 Å². The van der Waals surface area contributed by atoms with Crippen LogP contribution in [0.25, 0.3) is 28.5 Å². The molecule has 35 heavy (non-hydrogen) atoms. The minimum atomic E-state index is -0.471. The summed E-state index contributed by atoms with van der Waals surface area (Å²) >= 11 is 0. The summed E-state index contributed by atoms with van der Waals surface area (Å²) in [6.07, 6.45) is 4.75. The third-order valence-corrected chi connectivity index (χ3v) is 6.30. The number of aromatic nitrogens is 2. The number of piperidine rings is 1. The van der Waals surface area contributed by atoms with Crippen molar-refractivity contribution in [2.45, 2.75) is 45.1 Å². The molecule has 1 aliphatic rings. The highest BCUT2D eigenvalue weighted by Gasteiger charge is 2.27. The number of hydrogen-bond acceptors (Lipinski definition) is 5.